The summed E-state index contributed by atoms with van der Waals surface area (Å²) in [5.41, 5.74) is 9.30. The summed E-state index contributed by atoms with van der Waals surface area (Å²) >= 11 is 6.84. The van der Waals surface area contributed by atoms with Gasteiger partial charge in [0.2, 0.25) is 0 Å². The summed E-state index contributed by atoms with van der Waals surface area (Å²) < 4.78 is 1.66. The van der Waals surface area contributed by atoms with Gasteiger partial charge in [-0.1, -0.05) is 28.1 Å². The van der Waals surface area contributed by atoms with Crippen LogP contribution in [-0.2, 0) is 6.42 Å². The average molecular weight is 396 g/mol. The number of benzene rings is 2. The van der Waals surface area contributed by atoms with Crippen LogP contribution in [0.15, 0.2) is 45.3 Å². The zero-order valence-electron chi connectivity index (χ0n) is 10.6. The number of nitrogens with zero attached hydrogens (tertiary/aromatic N) is 1. The molecular weight excluding hydrogens is 384 g/mol. The Morgan fingerprint density at radius 2 is 2.00 bits per heavy atom. The monoisotopic (exact) mass is 394 g/mol. The van der Waals surface area contributed by atoms with E-state index < -0.39 is 0 Å². The molecule has 1 heterocycles. The van der Waals surface area contributed by atoms with Gasteiger partial charge in [0.05, 0.1) is 16.9 Å². The molecule has 0 aromatic heterocycles. The van der Waals surface area contributed by atoms with E-state index in [-0.39, 0.29) is 5.91 Å². The summed E-state index contributed by atoms with van der Waals surface area (Å²) in [7, 11) is 0. The molecule has 2 aromatic rings. The Kier molecular flexibility index (Phi) is 3.56. The van der Waals surface area contributed by atoms with Gasteiger partial charge in [0.15, 0.2) is 0 Å². The number of hydrogen-bond acceptors (Lipinski definition) is 2. The molecule has 2 N–H and O–H groups in total. The topological polar surface area (TPSA) is 46.3 Å². The summed E-state index contributed by atoms with van der Waals surface area (Å²) in [6, 6.07) is 11.4. The predicted molar refractivity (Wildman–Crippen MR) is 88.1 cm³/mol. The van der Waals surface area contributed by atoms with Crippen molar-refractivity contribution in [3.63, 3.8) is 0 Å². The minimum Gasteiger partial charge on any atom is -0.397 e. The SMILES string of the molecule is Nc1cccc2c1N(C(=O)c1cc(Br)ccc1Br)CC2. The molecule has 20 heavy (non-hydrogen) atoms. The third kappa shape index (κ3) is 2.25. The van der Waals surface area contributed by atoms with E-state index in [0.29, 0.717) is 17.8 Å². The van der Waals surface area contributed by atoms with Crippen molar-refractivity contribution in [1.29, 1.82) is 0 Å². The lowest BCUT2D eigenvalue weighted by Gasteiger charge is -2.19. The Hall–Kier alpha value is -1.33. The maximum absolute atomic E-state index is 12.8. The van der Waals surface area contributed by atoms with E-state index >= 15 is 0 Å². The van der Waals surface area contributed by atoms with Gasteiger partial charge in [-0.25, -0.2) is 0 Å². The quantitative estimate of drug-likeness (QED) is 0.742. The molecule has 1 amide bonds. The standard InChI is InChI=1S/C15H12Br2N2O/c16-10-4-5-12(17)11(8-10)15(20)19-7-6-9-2-1-3-13(18)14(9)19/h1-5,8H,6-7,18H2. The van der Waals surface area contributed by atoms with Gasteiger partial charge in [-0.05, 0) is 52.2 Å². The van der Waals surface area contributed by atoms with Crippen LogP contribution < -0.4 is 10.6 Å². The summed E-state index contributed by atoms with van der Waals surface area (Å²) in [5.74, 6) is -0.0326. The highest BCUT2D eigenvalue weighted by atomic mass is 79.9. The third-order valence-corrected chi connectivity index (χ3v) is 4.61. The van der Waals surface area contributed by atoms with Crippen molar-refractivity contribution in [3.8, 4) is 0 Å². The molecule has 0 atom stereocenters. The van der Waals surface area contributed by atoms with E-state index in [2.05, 4.69) is 31.9 Å². The minimum atomic E-state index is -0.0326. The van der Waals surface area contributed by atoms with Crippen LogP contribution in [0.5, 0.6) is 0 Å². The van der Waals surface area contributed by atoms with Crippen LogP contribution >= 0.6 is 31.9 Å². The fourth-order valence-electron chi connectivity index (χ4n) is 2.50. The molecule has 0 bridgehead atoms. The first kappa shape index (κ1) is 13.6. The van der Waals surface area contributed by atoms with Crippen LogP contribution in [0.4, 0.5) is 11.4 Å². The van der Waals surface area contributed by atoms with E-state index in [9.17, 15) is 4.79 Å². The van der Waals surface area contributed by atoms with Gasteiger partial charge in [0, 0.05) is 15.5 Å². The molecular formula is C15H12Br2N2O. The molecule has 3 rings (SSSR count). The molecule has 2 aromatic carbocycles. The first-order valence-electron chi connectivity index (χ1n) is 6.22. The van der Waals surface area contributed by atoms with Crippen molar-refractivity contribution < 1.29 is 4.79 Å². The number of anilines is 2. The van der Waals surface area contributed by atoms with Gasteiger partial charge in [-0.2, -0.15) is 0 Å². The Morgan fingerprint density at radius 3 is 2.80 bits per heavy atom. The van der Waals surface area contributed by atoms with E-state index in [4.69, 9.17) is 5.73 Å². The van der Waals surface area contributed by atoms with Crippen LogP contribution in [0, 0.1) is 0 Å². The number of nitrogens with two attached hydrogens (primary N) is 1. The molecule has 0 aliphatic carbocycles. The van der Waals surface area contributed by atoms with Gasteiger partial charge in [-0.3, -0.25) is 4.79 Å². The van der Waals surface area contributed by atoms with Crippen molar-refractivity contribution in [3.05, 3.63) is 56.5 Å². The number of fused-ring (bicyclic) bond motifs is 1. The highest BCUT2D eigenvalue weighted by molar-refractivity contribution is 9.11. The molecule has 1 aliphatic rings. The first-order valence-corrected chi connectivity index (χ1v) is 7.81. The molecule has 0 unspecified atom stereocenters. The maximum atomic E-state index is 12.8. The summed E-state index contributed by atoms with van der Waals surface area (Å²) in [6.45, 7) is 0.668. The summed E-state index contributed by atoms with van der Waals surface area (Å²) in [6.07, 6.45) is 0.845. The molecule has 5 heteroatoms. The van der Waals surface area contributed by atoms with Crippen LogP contribution in [0.2, 0.25) is 0 Å². The normalized spacial score (nSPS) is 13.4. The minimum absolute atomic E-state index is 0.0326. The second kappa shape index (κ2) is 5.22. The fraction of sp³-hybridized carbons (Fsp3) is 0.133. The lowest BCUT2D eigenvalue weighted by atomic mass is 10.1. The molecule has 0 spiro atoms. The van der Waals surface area contributed by atoms with Gasteiger partial charge in [0.1, 0.15) is 0 Å². The van der Waals surface area contributed by atoms with Crippen molar-refractivity contribution in [2.24, 2.45) is 0 Å². The average Bonchev–Trinajstić information content (AvgIpc) is 2.86. The highest BCUT2D eigenvalue weighted by Crippen LogP contribution is 2.35. The molecule has 3 nitrogen and oxygen atoms in total. The van der Waals surface area contributed by atoms with Gasteiger partial charge >= 0.3 is 0 Å². The Balaban J connectivity index is 2.04. The number of nitrogen functional groups attached to an aromatic ring is 1. The molecule has 0 fully saturated rings. The van der Waals surface area contributed by atoms with E-state index in [1.165, 1.54) is 0 Å². The smallest absolute Gasteiger partial charge is 0.259 e. The number of hydrogen-bond donors (Lipinski definition) is 1. The summed E-state index contributed by atoms with van der Waals surface area (Å²) in [5, 5.41) is 0. The van der Waals surface area contributed by atoms with Crippen LogP contribution in [0.3, 0.4) is 0 Å². The second-order valence-corrected chi connectivity index (χ2v) is 6.46. The predicted octanol–water partition coefficient (Wildman–Crippen LogP) is 4.00. The molecule has 1 aliphatic heterocycles. The number of carbonyl (C=O) groups excluding carboxylic acids is 1. The molecule has 102 valence electrons. The fourth-order valence-corrected chi connectivity index (χ4v) is 3.27. The number of rotatable bonds is 1. The number of para-hydroxylation sites is 1. The molecule has 0 saturated carbocycles. The molecule has 0 saturated heterocycles. The van der Waals surface area contributed by atoms with E-state index in [1.807, 2.05) is 36.4 Å². The van der Waals surface area contributed by atoms with E-state index in [0.717, 1.165) is 26.6 Å². The number of carbonyl (C=O) groups is 1. The third-order valence-electron chi connectivity index (χ3n) is 3.43. The Bertz CT molecular complexity index is 700. The lowest BCUT2D eigenvalue weighted by molar-refractivity contribution is 0.0988. The molecule has 0 radical (unpaired) electrons. The largest absolute Gasteiger partial charge is 0.397 e. The number of halogens is 2. The van der Waals surface area contributed by atoms with E-state index in [1.54, 1.807) is 4.90 Å². The van der Waals surface area contributed by atoms with Crippen molar-refractivity contribution in [2.45, 2.75) is 6.42 Å². The Morgan fingerprint density at radius 1 is 1.20 bits per heavy atom. The van der Waals surface area contributed by atoms with Crippen LogP contribution in [0.1, 0.15) is 15.9 Å². The van der Waals surface area contributed by atoms with Crippen molar-refractivity contribution in [1.82, 2.24) is 0 Å². The summed E-state index contributed by atoms with van der Waals surface area (Å²) in [4.78, 5) is 14.5. The Labute approximate surface area is 134 Å². The maximum Gasteiger partial charge on any atom is 0.259 e. The van der Waals surface area contributed by atoms with Gasteiger partial charge in [-0.15, -0.1) is 0 Å². The van der Waals surface area contributed by atoms with Gasteiger partial charge < -0.3 is 10.6 Å². The first-order chi connectivity index (χ1) is 9.58. The number of amides is 1. The van der Waals surface area contributed by atoms with Crippen LogP contribution in [0.25, 0.3) is 0 Å². The zero-order valence-corrected chi connectivity index (χ0v) is 13.7. The van der Waals surface area contributed by atoms with Gasteiger partial charge in [0.25, 0.3) is 5.91 Å². The highest BCUT2D eigenvalue weighted by Gasteiger charge is 2.28. The van der Waals surface area contributed by atoms with Crippen LogP contribution in [-0.4, -0.2) is 12.5 Å². The van der Waals surface area contributed by atoms with Crippen molar-refractivity contribution >= 4 is 49.1 Å². The second-order valence-electron chi connectivity index (χ2n) is 4.69. The van der Waals surface area contributed by atoms with Crippen molar-refractivity contribution in [2.75, 3.05) is 17.2 Å². The zero-order chi connectivity index (χ0) is 14.3. The lowest BCUT2D eigenvalue weighted by Crippen LogP contribution is -2.29.